The first-order valence-corrected chi connectivity index (χ1v) is 5.56. The van der Waals surface area contributed by atoms with E-state index in [0.717, 1.165) is 6.42 Å². The molecular weight excluding hydrogens is 194 g/mol. The van der Waals surface area contributed by atoms with Crippen LogP contribution in [0.4, 0.5) is 0 Å². The van der Waals surface area contributed by atoms with Crippen molar-refractivity contribution in [3.05, 3.63) is 0 Å². The highest BCUT2D eigenvalue weighted by atomic mass is 16.6. The first kappa shape index (κ1) is 14.4. The Morgan fingerprint density at radius 2 is 1.93 bits per heavy atom. The molecule has 0 aromatic carbocycles. The molecule has 4 heteroatoms. The Hall–Kier alpha value is -0.610. The van der Waals surface area contributed by atoms with Crippen molar-refractivity contribution in [1.29, 1.82) is 0 Å². The number of carbonyl (C=O) groups excluding carboxylic acids is 1. The van der Waals surface area contributed by atoms with Gasteiger partial charge in [-0.25, -0.2) is 0 Å². The Labute approximate surface area is 92.1 Å². The van der Waals surface area contributed by atoms with Gasteiger partial charge in [0, 0.05) is 6.61 Å². The minimum absolute atomic E-state index is 0.150. The smallest absolute Gasteiger partial charge is 0.323 e. The molecule has 0 aromatic rings. The lowest BCUT2D eigenvalue weighted by molar-refractivity contribution is -0.153. The van der Waals surface area contributed by atoms with E-state index in [0.29, 0.717) is 13.2 Å². The van der Waals surface area contributed by atoms with Gasteiger partial charge in [-0.3, -0.25) is 4.79 Å². The van der Waals surface area contributed by atoms with Crippen molar-refractivity contribution >= 4 is 5.97 Å². The predicted octanol–water partition coefficient (Wildman–Crippen LogP) is 1.33. The van der Waals surface area contributed by atoms with Crippen LogP contribution in [0.1, 0.15) is 34.1 Å². The molecule has 0 rings (SSSR count). The van der Waals surface area contributed by atoms with Crippen LogP contribution in [0.15, 0.2) is 0 Å². The van der Waals surface area contributed by atoms with Crippen molar-refractivity contribution < 1.29 is 14.3 Å². The van der Waals surface area contributed by atoms with Crippen LogP contribution in [0.25, 0.3) is 0 Å². The fourth-order valence-electron chi connectivity index (χ4n) is 1.08. The van der Waals surface area contributed by atoms with Crippen LogP contribution in [0.3, 0.4) is 0 Å². The maximum absolute atomic E-state index is 11.5. The zero-order valence-electron chi connectivity index (χ0n) is 10.2. The molecule has 0 aliphatic rings. The molecule has 0 aromatic heterocycles. The molecule has 0 aliphatic heterocycles. The summed E-state index contributed by atoms with van der Waals surface area (Å²) < 4.78 is 10.3. The number of nitrogens with two attached hydrogens (primary N) is 1. The Morgan fingerprint density at radius 3 is 2.40 bits per heavy atom. The second kappa shape index (κ2) is 7.65. The lowest BCUT2D eigenvalue weighted by Gasteiger charge is -2.20. The average Bonchev–Trinajstić information content (AvgIpc) is 2.23. The second-order valence-electron chi connectivity index (χ2n) is 3.82. The van der Waals surface area contributed by atoms with Crippen LogP contribution in [0, 0.1) is 5.92 Å². The van der Waals surface area contributed by atoms with Crippen LogP contribution in [0.2, 0.25) is 0 Å². The van der Waals surface area contributed by atoms with E-state index in [1.807, 2.05) is 20.8 Å². The summed E-state index contributed by atoms with van der Waals surface area (Å²) in [5.41, 5.74) is 5.73. The van der Waals surface area contributed by atoms with Crippen molar-refractivity contribution in [1.82, 2.24) is 0 Å². The summed E-state index contributed by atoms with van der Waals surface area (Å²) >= 11 is 0. The van der Waals surface area contributed by atoms with Crippen molar-refractivity contribution in [3.63, 3.8) is 0 Å². The van der Waals surface area contributed by atoms with Gasteiger partial charge >= 0.3 is 5.97 Å². The molecular formula is C11H23NO3. The Balaban J connectivity index is 3.90. The van der Waals surface area contributed by atoms with Crippen LogP contribution >= 0.6 is 0 Å². The zero-order chi connectivity index (χ0) is 11.8. The maximum Gasteiger partial charge on any atom is 0.323 e. The summed E-state index contributed by atoms with van der Waals surface area (Å²) in [5, 5.41) is 0. The Bertz CT molecular complexity index is 185. The topological polar surface area (TPSA) is 61.5 Å². The van der Waals surface area contributed by atoms with Crippen LogP contribution in [0.5, 0.6) is 0 Å². The monoisotopic (exact) mass is 217 g/mol. The summed E-state index contributed by atoms with van der Waals surface area (Å²) in [5.74, 6) is -0.187. The maximum atomic E-state index is 11.5. The SMILES string of the molecule is CCOCC(C)OC(=O)C(N)C(C)CC. The highest BCUT2D eigenvalue weighted by Crippen LogP contribution is 2.08. The Morgan fingerprint density at radius 1 is 1.33 bits per heavy atom. The molecule has 3 atom stereocenters. The molecule has 0 aliphatic carbocycles. The summed E-state index contributed by atoms with van der Waals surface area (Å²) in [6.45, 7) is 8.70. The third-order valence-corrected chi connectivity index (χ3v) is 2.40. The van der Waals surface area contributed by atoms with Crippen LogP contribution < -0.4 is 5.73 Å². The highest BCUT2D eigenvalue weighted by Gasteiger charge is 2.22. The van der Waals surface area contributed by atoms with Crippen molar-refractivity contribution in [2.45, 2.75) is 46.3 Å². The van der Waals surface area contributed by atoms with Gasteiger partial charge in [-0.2, -0.15) is 0 Å². The molecule has 15 heavy (non-hydrogen) atoms. The van der Waals surface area contributed by atoms with E-state index in [9.17, 15) is 4.79 Å². The van der Waals surface area contributed by atoms with Crippen molar-refractivity contribution in [2.75, 3.05) is 13.2 Å². The number of rotatable bonds is 7. The minimum Gasteiger partial charge on any atom is -0.459 e. The van der Waals surface area contributed by atoms with Gasteiger partial charge in [0.2, 0.25) is 0 Å². The Kier molecular flexibility index (Phi) is 7.34. The lowest BCUT2D eigenvalue weighted by Crippen LogP contribution is -2.40. The summed E-state index contributed by atoms with van der Waals surface area (Å²) in [4.78, 5) is 11.5. The van der Waals surface area contributed by atoms with Gasteiger partial charge in [-0.05, 0) is 19.8 Å². The molecule has 0 amide bonds. The van der Waals surface area contributed by atoms with Crippen molar-refractivity contribution in [2.24, 2.45) is 11.7 Å². The molecule has 0 bridgehead atoms. The van der Waals surface area contributed by atoms with Crippen molar-refractivity contribution in [3.8, 4) is 0 Å². The first-order chi connectivity index (χ1) is 7.02. The van der Waals surface area contributed by atoms with Crippen LogP contribution in [-0.4, -0.2) is 31.3 Å². The predicted molar refractivity (Wildman–Crippen MR) is 59.5 cm³/mol. The molecule has 0 fully saturated rings. The highest BCUT2D eigenvalue weighted by molar-refractivity contribution is 5.75. The van der Waals surface area contributed by atoms with Gasteiger partial charge in [0.15, 0.2) is 0 Å². The van der Waals surface area contributed by atoms with Gasteiger partial charge in [0.1, 0.15) is 12.1 Å². The van der Waals surface area contributed by atoms with Gasteiger partial charge in [-0.15, -0.1) is 0 Å². The normalized spacial score (nSPS) is 16.9. The number of ether oxygens (including phenoxy) is 2. The number of hydrogen-bond acceptors (Lipinski definition) is 4. The van der Waals surface area contributed by atoms with E-state index >= 15 is 0 Å². The number of hydrogen-bond donors (Lipinski definition) is 1. The summed E-state index contributed by atoms with van der Waals surface area (Å²) in [6.07, 6.45) is 0.642. The number of carbonyl (C=O) groups is 1. The molecule has 0 saturated heterocycles. The van der Waals surface area contributed by atoms with E-state index < -0.39 is 6.04 Å². The van der Waals surface area contributed by atoms with Gasteiger partial charge in [0.25, 0.3) is 0 Å². The lowest BCUT2D eigenvalue weighted by atomic mass is 10.0. The third-order valence-electron chi connectivity index (χ3n) is 2.40. The van der Waals surface area contributed by atoms with E-state index in [2.05, 4.69) is 0 Å². The molecule has 2 N–H and O–H groups in total. The van der Waals surface area contributed by atoms with Gasteiger partial charge in [0.05, 0.1) is 6.61 Å². The largest absolute Gasteiger partial charge is 0.459 e. The number of esters is 1. The van der Waals surface area contributed by atoms with E-state index in [4.69, 9.17) is 15.2 Å². The molecule has 3 unspecified atom stereocenters. The molecule has 90 valence electrons. The van der Waals surface area contributed by atoms with E-state index in [1.54, 1.807) is 6.92 Å². The molecule has 0 saturated carbocycles. The summed E-state index contributed by atoms with van der Waals surface area (Å²) in [6, 6.07) is -0.529. The zero-order valence-corrected chi connectivity index (χ0v) is 10.2. The molecule has 0 radical (unpaired) electrons. The van der Waals surface area contributed by atoms with Gasteiger partial charge < -0.3 is 15.2 Å². The second-order valence-corrected chi connectivity index (χ2v) is 3.82. The molecule has 0 spiro atoms. The minimum atomic E-state index is -0.529. The average molecular weight is 217 g/mol. The van der Waals surface area contributed by atoms with E-state index in [-0.39, 0.29) is 18.0 Å². The summed E-state index contributed by atoms with van der Waals surface area (Å²) in [7, 11) is 0. The standard InChI is InChI=1S/C11H23NO3/c1-5-8(3)10(12)11(13)15-9(4)7-14-6-2/h8-10H,5-7,12H2,1-4H3. The molecule has 0 heterocycles. The fraction of sp³-hybridized carbons (Fsp3) is 0.909. The first-order valence-electron chi connectivity index (χ1n) is 5.56. The quantitative estimate of drug-likeness (QED) is 0.653. The van der Waals surface area contributed by atoms with Gasteiger partial charge in [-0.1, -0.05) is 20.3 Å². The van der Waals surface area contributed by atoms with E-state index in [1.165, 1.54) is 0 Å². The third kappa shape index (κ3) is 5.74. The molecule has 4 nitrogen and oxygen atoms in total. The fourth-order valence-corrected chi connectivity index (χ4v) is 1.08. The van der Waals surface area contributed by atoms with Crippen LogP contribution in [-0.2, 0) is 14.3 Å².